The van der Waals surface area contributed by atoms with Crippen molar-refractivity contribution in [2.24, 2.45) is 0 Å². The van der Waals surface area contributed by atoms with E-state index in [-0.39, 0.29) is 16.1 Å². The van der Waals surface area contributed by atoms with Crippen LogP contribution in [0.15, 0.2) is 52.0 Å². The first kappa shape index (κ1) is 15.4. The van der Waals surface area contributed by atoms with Crippen molar-refractivity contribution in [1.82, 2.24) is 9.71 Å². The fraction of sp³-hybridized carbons (Fsp3) is 0.154. The van der Waals surface area contributed by atoms with Gasteiger partial charge in [0.15, 0.2) is 0 Å². The Kier molecular flexibility index (Phi) is 4.80. The predicted octanol–water partition coefficient (Wildman–Crippen LogP) is 3.54. The highest BCUT2D eigenvalue weighted by Gasteiger charge is 2.18. The Labute approximate surface area is 131 Å². The second-order valence-electron chi connectivity index (χ2n) is 4.21. The first-order chi connectivity index (χ1) is 9.38. The normalized spacial score (nSPS) is 13.2. The molecule has 20 heavy (non-hydrogen) atoms. The molecule has 0 spiro atoms. The van der Waals surface area contributed by atoms with Gasteiger partial charge in [0, 0.05) is 16.7 Å². The van der Waals surface area contributed by atoms with Crippen LogP contribution in [0.5, 0.6) is 0 Å². The van der Waals surface area contributed by atoms with E-state index in [0.29, 0.717) is 0 Å². The molecule has 2 rings (SSSR count). The molecule has 1 aromatic heterocycles. The number of halogens is 2. The lowest BCUT2D eigenvalue weighted by molar-refractivity contribution is 0.567. The number of rotatable bonds is 4. The van der Waals surface area contributed by atoms with Crippen molar-refractivity contribution in [3.63, 3.8) is 0 Å². The van der Waals surface area contributed by atoms with Crippen molar-refractivity contribution in [2.45, 2.75) is 17.9 Å². The number of sulfonamides is 1. The lowest BCUT2D eigenvalue weighted by Crippen LogP contribution is -2.26. The molecule has 0 aliphatic heterocycles. The van der Waals surface area contributed by atoms with Crippen LogP contribution in [0.4, 0.5) is 0 Å². The minimum Gasteiger partial charge on any atom is -0.244 e. The molecule has 0 saturated heterocycles. The Bertz CT molecular complexity index is 705. The van der Waals surface area contributed by atoms with Gasteiger partial charge in [-0.2, -0.15) is 0 Å². The second kappa shape index (κ2) is 6.22. The number of hydrogen-bond acceptors (Lipinski definition) is 3. The van der Waals surface area contributed by atoms with Crippen LogP contribution >= 0.6 is 27.5 Å². The number of hydrogen-bond donors (Lipinski definition) is 1. The van der Waals surface area contributed by atoms with E-state index in [1.165, 1.54) is 18.3 Å². The van der Waals surface area contributed by atoms with Crippen molar-refractivity contribution in [3.05, 3.63) is 57.8 Å². The summed E-state index contributed by atoms with van der Waals surface area (Å²) in [4.78, 5) is 3.87. The van der Waals surface area contributed by atoms with Gasteiger partial charge in [0.05, 0.1) is 4.90 Å². The Morgan fingerprint density at radius 1 is 1.25 bits per heavy atom. The second-order valence-corrected chi connectivity index (χ2v) is 7.23. The maximum absolute atomic E-state index is 12.2. The van der Waals surface area contributed by atoms with Crippen LogP contribution in [0.25, 0.3) is 0 Å². The third-order valence-corrected chi connectivity index (χ3v) is 4.98. The zero-order valence-electron chi connectivity index (χ0n) is 10.5. The van der Waals surface area contributed by atoms with E-state index >= 15 is 0 Å². The molecule has 0 amide bonds. The van der Waals surface area contributed by atoms with E-state index in [9.17, 15) is 8.42 Å². The molecule has 1 atom stereocenters. The molecule has 0 bridgehead atoms. The van der Waals surface area contributed by atoms with Crippen molar-refractivity contribution >= 4 is 37.6 Å². The number of benzene rings is 1. The Morgan fingerprint density at radius 2 is 1.90 bits per heavy atom. The molecule has 0 aliphatic rings. The van der Waals surface area contributed by atoms with E-state index in [1.807, 2.05) is 24.3 Å². The number of nitrogens with one attached hydrogen (secondary N) is 1. The molecule has 7 heteroatoms. The maximum atomic E-state index is 12.2. The molecular formula is C13H12BrClN2O2S. The van der Waals surface area contributed by atoms with Gasteiger partial charge in [-0.15, -0.1) is 0 Å². The average Bonchev–Trinajstić information content (AvgIpc) is 2.39. The lowest BCUT2D eigenvalue weighted by atomic mass is 10.1. The summed E-state index contributed by atoms with van der Waals surface area (Å²) in [5, 5.41) is 0.143. The molecule has 0 saturated carbocycles. The van der Waals surface area contributed by atoms with E-state index in [4.69, 9.17) is 11.6 Å². The van der Waals surface area contributed by atoms with Gasteiger partial charge in [0.2, 0.25) is 10.0 Å². The van der Waals surface area contributed by atoms with E-state index in [0.717, 1.165) is 10.0 Å². The highest BCUT2D eigenvalue weighted by Crippen LogP contribution is 2.20. The molecule has 0 fully saturated rings. The molecule has 0 radical (unpaired) electrons. The highest BCUT2D eigenvalue weighted by molar-refractivity contribution is 9.10. The van der Waals surface area contributed by atoms with Crippen LogP contribution in [-0.4, -0.2) is 13.4 Å². The lowest BCUT2D eigenvalue weighted by Gasteiger charge is -2.14. The summed E-state index contributed by atoms with van der Waals surface area (Å²) in [6.45, 7) is 1.78. The number of pyridine rings is 1. The van der Waals surface area contributed by atoms with Crippen LogP contribution in [-0.2, 0) is 10.0 Å². The number of aromatic nitrogens is 1. The monoisotopic (exact) mass is 374 g/mol. The summed E-state index contributed by atoms with van der Waals surface area (Å²) in [5.41, 5.74) is 0.872. The van der Waals surface area contributed by atoms with Crippen molar-refractivity contribution < 1.29 is 8.42 Å². The minimum atomic E-state index is -3.63. The zero-order chi connectivity index (χ0) is 14.8. The van der Waals surface area contributed by atoms with E-state index < -0.39 is 10.0 Å². The smallest absolute Gasteiger partial charge is 0.241 e. The van der Waals surface area contributed by atoms with E-state index in [2.05, 4.69) is 25.6 Å². The van der Waals surface area contributed by atoms with Gasteiger partial charge in [-0.25, -0.2) is 18.1 Å². The topological polar surface area (TPSA) is 59.1 Å². The molecule has 106 valence electrons. The summed E-state index contributed by atoms with van der Waals surface area (Å²) in [5.74, 6) is 0. The zero-order valence-corrected chi connectivity index (χ0v) is 13.7. The molecule has 0 unspecified atom stereocenters. The van der Waals surface area contributed by atoms with Gasteiger partial charge in [-0.3, -0.25) is 0 Å². The van der Waals surface area contributed by atoms with Gasteiger partial charge < -0.3 is 0 Å². The Morgan fingerprint density at radius 3 is 2.50 bits per heavy atom. The van der Waals surface area contributed by atoms with Crippen LogP contribution in [0.3, 0.4) is 0 Å². The van der Waals surface area contributed by atoms with Gasteiger partial charge in [0.25, 0.3) is 0 Å². The molecule has 1 N–H and O–H groups in total. The molecule has 0 aliphatic carbocycles. The fourth-order valence-corrected chi connectivity index (χ4v) is 3.42. The Balaban J connectivity index is 2.22. The van der Waals surface area contributed by atoms with Crippen molar-refractivity contribution in [1.29, 1.82) is 0 Å². The highest BCUT2D eigenvalue weighted by atomic mass is 79.9. The standard InChI is InChI=1S/C13H12BrClN2O2S/c1-9(10-2-4-11(14)5-3-10)17-20(18,19)12-6-7-16-13(15)8-12/h2-9,17H,1H3/t9-/m0/s1. The fourth-order valence-electron chi connectivity index (χ4n) is 1.67. The molecule has 1 heterocycles. The van der Waals surface area contributed by atoms with Gasteiger partial charge in [0.1, 0.15) is 5.15 Å². The summed E-state index contributed by atoms with van der Waals surface area (Å²) >= 11 is 9.05. The summed E-state index contributed by atoms with van der Waals surface area (Å²) in [6, 6.07) is 9.82. The SMILES string of the molecule is C[C@H](NS(=O)(=O)c1ccnc(Cl)c1)c1ccc(Br)cc1. The third-order valence-electron chi connectivity index (χ3n) is 2.71. The van der Waals surface area contributed by atoms with Crippen LogP contribution in [0, 0.1) is 0 Å². The molecule has 4 nitrogen and oxygen atoms in total. The molecule has 1 aromatic carbocycles. The van der Waals surface area contributed by atoms with E-state index in [1.54, 1.807) is 6.92 Å². The summed E-state index contributed by atoms with van der Waals surface area (Å²) < 4.78 is 28.0. The minimum absolute atomic E-state index is 0.0986. The summed E-state index contributed by atoms with van der Waals surface area (Å²) in [7, 11) is -3.63. The van der Waals surface area contributed by atoms with Gasteiger partial charge in [-0.05, 0) is 36.8 Å². The molecule has 2 aromatic rings. The van der Waals surface area contributed by atoms with Gasteiger partial charge >= 0.3 is 0 Å². The van der Waals surface area contributed by atoms with Gasteiger partial charge in [-0.1, -0.05) is 39.7 Å². The largest absolute Gasteiger partial charge is 0.244 e. The van der Waals surface area contributed by atoms with Crippen LogP contribution < -0.4 is 4.72 Å². The van der Waals surface area contributed by atoms with Crippen LogP contribution in [0.1, 0.15) is 18.5 Å². The quantitative estimate of drug-likeness (QED) is 0.832. The molecular weight excluding hydrogens is 364 g/mol. The Hall–Kier alpha value is -0.950. The third kappa shape index (κ3) is 3.79. The first-order valence-electron chi connectivity index (χ1n) is 5.78. The van der Waals surface area contributed by atoms with Crippen molar-refractivity contribution in [3.8, 4) is 0 Å². The predicted molar refractivity (Wildman–Crippen MR) is 82.1 cm³/mol. The maximum Gasteiger partial charge on any atom is 0.241 e. The summed E-state index contributed by atoms with van der Waals surface area (Å²) in [6.07, 6.45) is 1.36. The average molecular weight is 376 g/mol. The number of nitrogens with zero attached hydrogens (tertiary/aromatic N) is 1. The van der Waals surface area contributed by atoms with Crippen molar-refractivity contribution in [2.75, 3.05) is 0 Å². The van der Waals surface area contributed by atoms with Crippen LogP contribution in [0.2, 0.25) is 5.15 Å². The first-order valence-corrected chi connectivity index (χ1v) is 8.43.